The molecule has 0 amide bonds. The van der Waals surface area contributed by atoms with Crippen LogP contribution >= 0.6 is 11.8 Å². The molecule has 2 aromatic carbocycles. The molecule has 1 aromatic heterocycles. The second kappa shape index (κ2) is 8.77. The molecule has 2 N–H and O–H groups in total. The van der Waals surface area contributed by atoms with Crippen molar-refractivity contribution in [3.8, 4) is 0 Å². The van der Waals surface area contributed by atoms with Crippen molar-refractivity contribution < 1.29 is 13.9 Å². The summed E-state index contributed by atoms with van der Waals surface area (Å²) in [6.07, 6.45) is 0. The predicted octanol–water partition coefficient (Wildman–Crippen LogP) is 4.21. The number of aromatic amines is 1. The molecule has 1 aliphatic heterocycles. The summed E-state index contributed by atoms with van der Waals surface area (Å²) in [5.41, 5.74) is 2.18. The molecule has 8 heteroatoms. The molecular formula is C23H20FN3O3S. The lowest BCUT2D eigenvalue weighted by molar-refractivity contribution is -0.136. The molecule has 1 aliphatic rings. The zero-order valence-electron chi connectivity index (χ0n) is 16.9. The number of aromatic nitrogens is 2. The van der Waals surface area contributed by atoms with E-state index in [9.17, 15) is 14.0 Å². The normalized spacial score (nSPS) is 15.3. The number of H-pyrrole nitrogens is 1. The molecule has 4 rings (SSSR count). The molecule has 3 aromatic rings. The van der Waals surface area contributed by atoms with Crippen molar-refractivity contribution in [2.24, 2.45) is 0 Å². The van der Waals surface area contributed by atoms with E-state index in [0.29, 0.717) is 28.0 Å². The van der Waals surface area contributed by atoms with Crippen LogP contribution in [0.5, 0.6) is 0 Å². The van der Waals surface area contributed by atoms with E-state index in [1.54, 1.807) is 19.1 Å². The van der Waals surface area contributed by atoms with E-state index in [2.05, 4.69) is 15.3 Å². The zero-order valence-corrected chi connectivity index (χ0v) is 17.8. The Labute approximate surface area is 182 Å². The first-order valence-corrected chi connectivity index (χ1v) is 10.6. The van der Waals surface area contributed by atoms with Crippen LogP contribution in [0.2, 0.25) is 0 Å². The Hall–Kier alpha value is -3.39. The first kappa shape index (κ1) is 20.9. The Kier molecular flexibility index (Phi) is 5.90. The van der Waals surface area contributed by atoms with E-state index in [-0.39, 0.29) is 11.1 Å². The maximum absolute atomic E-state index is 14.0. The number of fused-ring (bicyclic) bond motifs is 1. The van der Waals surface area contributed by atoms with Crippen molar-refractivity contribution in [2.45, 2.75) is 23.8 Å². The van der Waals surface area contributed by atoms with Gasteiger partial charge in [-0.2, -0.15) is 0 Å². The lowest BCUT2D eigenvalue weighted by atomic mass is 9.82. The number of benzene rings is 2. The van der Waals surface area contributed by atoms with Crippen LogP contribution in [0.3, 0.4) is 0 Å². The monoisotopic (exact) mass is 437 g/mol. The van der Waals surface area contributed by atoms with Crippen LogP contribution in [0.25, 0.3) is 0 Å². The number of nitrogens with one attached hydrogen (secondary N) is 2. The van der Waals surface area contributed by atoms with Crippen molar-refractivity contribution in [2.75, 3.05) is 12.4 Å². The molecule has 0 aliphatic carbocycles. The van der Waals surface area contributed by atoms with Crippen molar-refractivity contribution in [3.05, 3.63) is 98.7 Å². The number of rotatable bonds is 5. The van der Waals surface area contributed by atoms with Gasteiger partial charge in [-0.3, -0.25) is 4.79 Å². The fourth-order valence-corrected chi connectivity index (χ4v) is 4.44. The fraction of sp³-hybridized carbons (Fsp3) is 0.174. The van der Waals surface area contributed by atoms with Gasteiger partial charge in [-0.25, -0.2) is 14.2 Å². The molecule has 158 valence electrons. The van der Waals surface area contributed by atoms with Gasteiger partial charge in [0.05, 0.1) is 24.2 Å². The number of carbonyl (C=O) groups excluding carboxylic acids is 1. The maximum Gasteiger partial charge on any atom is 0.336 e. The second-order valence-electron chi connectivity index (χ2n) is 7.05. The van der Waals surface area contributed by atoms with E-state index >= 15 is 0 Å². The lowest BCUT2D eigenvalue weighted by Crippen LogP contribution is -2.31. The van der Waals surface area contributed by atoms with Crippen LogP contribution in [0.4, 0.5) is 10.2 Å². The molecule has 0 saturated heterocycles. The average molecular weight is 437 g/mol. The van der Waals surface area contributed by atoms with E-state index < -0.39 is 23.3 Å². The van der Waals surface area contributed by atoms with Gasteiger partial charge in [0, 0.05) is 11.4 Å². The Morgan fingerprint density at radius 2 is 1.97 bits per heavy atom. The summed E-state index contributed by atoms with van der Waals surface area (Å²) in [4.78, 5) is 33.0. The number of thioether (sulfide) groups is 1. The number of ether oxygens (including phenoxy) is 1. The first-order chi connectivity index (χ1) is 15.0. The van der Waals surface area contributed by atoms with Crippen molar-refractivity contribution in [1.82, 2.24) is 9.97 Å². The van der Waals surface area contributed by atoms with Gasteiger partial charge in [-0.15, -0.1) is 0 Å². The van der Waals surface area contributed by atoms with Crippen LogP contribution in [-0.4, -0.2) is 23.0 Å². The quantitative estimate of drug-likeness (QED) is 0.354. The van der Waals surface area contributed by atoms with Gasteiger partial charge in [0.15, 0.2) is 5.16 Å². The number of methoxy groups -OCH3 is 1. The summed E-state index contributed by atoms with van der Waals surface area (Å²) < 4.78 is 18.9. The third-order valence-electron chi connectivity index (χ3n) is 5.03. The predicted molar refractivity (Wildman–Crippen MR) is 117 cm³/mol. The number of hydrogen-bond acceptors (Lipinski definition) is 6. The van der Waals surface area contributed by atoms with Gasteiger partial charge in [0.1, 0.15) is 11.6 Å². The topological polar surface area (TPSA) is 84.1 Å². The number of halogens is 1. The second-order valence-corrected chi connectivity index (χ2v) is 8.01. The third kappa shape index (κ3) is 4.25. The van der Waals surface area contributed by atoms with Gasteiger partial charge in [0.2, 0.25) is 0 Å². The Balaban J connectivity index is 1.78. The number of esters is 1. The van der Waals surface area contributed by atoms with Crippen LogP contribution in [0, 0.1) is 5.82 Å². The minimum atomic E-state index is -0.802. The molecule has 0 fully saturated rings. The van der Waals surface area contributed by atoms with Crippen molar-refractivity contribution in [3.63, 3.8) is 0 Å². The fourth-order valence-electron chi connectivity index (χ4n) is 3.63. The van der Waals surface area contributed by atoms with Crippen LogP contribution in [0.1, 0.15) is 29.5 Å². The summed E-state index contributed by atoms with van der Waals surface area (Å²) >= 11 is 1.40. The maximum atomic E-state index is 14.0. The molecule has 0 bridgehead atoms. The number of carbonyl (C=O) groups is 1. The minimum Gasteiger partial charge on any atom is -0.466 e. The molecule has 0 saturated carbocycles. The molecule has 6 nitrogen and oxygen atoms in total. The summed E-state index contributed by atoms with van der Waals surface area (Å²) in [7, 11) is 1.27. The standard InChI is InChI=1S/C23H20FN3O3S/c1-13-17(22(29)30-2)18(15-9-6-10-16(24)11-15)19-20(25-13)26-23(27-21(19)28)31-12-14-7-4-3-5-8-14/h3-11,18H,12H2,1-2H3,(H2,25,26,27,28). The van der Waals surface area contributed by atoms with Gasteiger partial charge in [-0.05, 0) is 30.2 Å². The van der Waals surface area contributed by atoms with E-state index in [4.69, 9.17) is 4.74 Å². The highest BCUT2D eigenvalue weighted by molar-refractivity contribution is 7.98. The smallest absolute Gasteiger partial charge is 0.336 e. The highest BCUT2D eigenvalue weighted by Crippen LogP contribution is 2.40. The molecule has 2 heterocycles. The Morgan fingerprint density at radius 1 is 1.19 bits per heavy atom. The van der Waals surface area contributed by atoms with Gasteiger partial charge >= 0.3 is 5.97 Å². The van der Waals surface area contributed by atoms with Gasteiger partial charge in [-0.1, -0.05) is 54.2 Å². The molecule has 0 radical (unpaired) electrons. The molecule has 1 atom stereocenters. The summed E-state index contributed by atoms with van der Waals surface area (Å²) in [6.45, 7) is 1.71. The number of hydrogen-bond donors (Lipinski definition) is 2. The molecule has 0 spiro atoms. The number of allylic oxidation sites excluding steroid dienone is 1. The lowest BCUT2D eigenvalue weighted by Gasteiger charge is -2.28. The van der Waals surface area contributed by atoms with Crippen molar-refractivity contribution in [1.29, 1.82) is 0 Å². The minimum absolute atomic E-state index is 0.248. The van der Waals surface area contributed by atoms with E-state index in [0.717, 1.165) is 5.56 Å². The average Bonchev–Trinajstić information content (AvgIpc) is 2.77. The third-order valence-corrected chi connectivity index (χ3v) is 5.97. The number of anilines is 1. The summed E-state index contributed by atoms with van der Waals surface area (Å²) in [6, 6.07) is 15.7. The van der Waals surface area contributed by atoms with E-state index in [1.165, 1.54) is 31.0 Å². The molecule has 1 unspecified atom stereocenters. The largest absolute Gasteiger partial charge is 0.466 e. The Bertz CT molecular complexity index is 1220. The van der Waals surface area contributed by atoms with Gasteiger partial charge < -0.3 is 15.0 Å². The first-order valence-electron chi connectivity index (χ1n) is 9.60. The van der Waals surface area contributed by atoms with Gasteiger partial charge in [0.25, 0.3) is 5.56 Å². The van der Waals surface area contributed by atoms with Crippen LogP contribution in [-0.2, 0) is 15.3 Å². The highest BCUT2D eigenvalue weighted by Gasteiger charge is 2.36. The zero-order chi connectivity index (χ0) is 22.0. The van der Waals surface area contributed by atoms with E-state index in [1.807, 2.05) is 30.3 Å². The van der Waals surface area contributed by atoms with Crippen molar-refractivity contribution >= 4 is 23.5 Å². The SMILES string of the molecule is COC(=O)C1=C(C)Nc2nc(SCc3ccccc3)[nH]c(=O)c2C1c1cccc(F)c1. The molecular weight excluding hydrogens is 417 g/mol. The Morgan fingerprint density at radius 3 is 2.68 bits per heavy atom. The summed E-state index contributed by atoms with van der Waals surface area (Å²) in [5, 5.41) is 3.51. The summed E-state index contributed by atoms with van der Waals surface area (Å²) in [5.74, 6) is -0.869. The molecule has 31 heavy (non-hydrogen) atoms. The number of nitrogens with zero attached hydrogens (tertiary/aromatic N) is 1. The van der Waals surface area contributed by atoms with Crippen LogP contribution in [0.15, 0.2) is 75.8 Å². The highest BCUT2D eigenvalue weighted by atomic mass is 32.2. The van der Waals surface area contributed by atoms with Crippen LogP contribution < -0.4 is 10.9 Å².